The maximum absolute atomic E-state index is 11.9. The summed E-state index contributed by atoms with van der Waals surface area (Å²) in [5, 5.41) is 9.22. The summed E-state index contributed by atoms with van der Waals surface area (Å²) in [6.45, 7) is 4.84. The molecule has 0 unspecified atom stereocenters. The first-order valence-electron chi connectivity index (χ1n) is 7.56. The molecule has 25 heavy (non-hydrogen) atoms. The Bertz CT molecular complexity index is 887. The van der Waals surface area contributed by atoms with E-state index in [1.54, 1.807) is 0 Å². The summed E-state index contributed by atoms with van der Waals surface area (Å²) >= 11 is 3.41. The van der Waals surface area contributed by atoms with Crippen LogP contribution in [0.1, 0.15) is 23.9 Å². The molecule has 5 nitrogen and oxygen atoms in total. The maximum Gasteiger partial charge on any atom is 0.349 e. The SMILES string of the molecule is CC(=O)COC(=O)/C(C#N)=C/c1cc(C)n(-c2ccc(Br)cc2)c1C. The van der Waals surface area contributed by atoms with Gasteiger partial charge >= 0.3 is 5.97 Å². The van der Waals surface area contributed by atoms with E-state index >= 15 is 0 Å². The standard InChI is InChI=1S/C19H17BrN2O3/c1-12-8-15(9-16(10-21)19(24)25-11-13(2)23)14(3)22(12)18-6-4-17(20)5-7-18/h4-9H,11H2,1-3H3/b16-9+. The Labute approximate surface area is 154 Å². The highest BCUT2D eigenvalue weighted by Gasteiger charge is 2.15. The lowest BCUT2D eigenvalue weighted by Crippen LogP contribution is -2.12. The number of carbonyl (C=O) groups is 2. The molecule has 0 aliphatic rings. The molecule has 2 rings (SSSR count). The number of carbonyl (C=O) groups excluding carboxylic acids is 2. The Morgan fingerprint density at radius 2 is 1.92 bits per heavy atom. The Morgan fingerprint density at radius 1 is 1.28 bits per heavy atom. The van der Waals surface area contributed by atoms with Gasteiger partial charge in [0.15, 0.2) is 5.78 Å². The largest absolute Gasteiger partial charge is 0.454 e. The van der Waals surface area contributed by atoms with Crippen LogP contribution >= 0.6 is 15.9 Å². The predicted octanol–water partition coefficient (Wildman–Crippen LogP) is 3.90. The molecule has 0 N–H and O–H groups in total. The van der Waals surface area contributed by atoms with Crippen LogP contribution in [0.4, 0.5) is 0 Å². The third kappa shape index (κ3) is 4.46. The fourth-order valence-corrected chi connectivity index (χ4v) is 2.72. The van der Waals surface area contributed by atoms with Crippen molar-refractivity contribution in [1.82, 2.24) is 4.57 Å². The summed E-state index contributed by atoms with van der Waals surface area (Å²) in [4.78, 5) is 22.8. The second kappa shape index (κ2) is 7.95. The lowest BCUT2D eigenvalue weighted by molar-refractivity contribution is -0.143. The highest BCUT2D eigenvalue weighted by atomic mass is 79.9. The first-order chi connectivity index (χ1) is 11.8. The molecule has 0 radical (unpaired) electrons. The molecule has 0 spiro atoms. The van der Waals surface area contributed by atoms with Crippen molar-refractivity contribution < 1.29 is 14.3 Å². The molecule has 0 saturated carbocycles. The molecule has 0 aliphatic heterocycles. The molecule has 2 aromatic rings. The summed E-state index contributed by atoms with van der Waals surface area (Å²) in [6, 6.07) is 11.6. The minimum Gasteiger partial charge on any atom is -0.454 e. The molecule has 128 valence electrons. The normalized spacial score (nSPS) is 11.1. The van der Waals surface area contributed by atoms with E-state index in [-0.39, 0.29) is 18.0 Å². The smallest absolute Gasteiger partial charge is 0.349 e. The summed E-state index contributed by atoms with van der Waals surface area (Å²) < 4.78 is 7.83. The molecule has 0 fully saturated rings. The van der Waals surface area contributed by atoms with Crippen molar-refractivity contribution in [1.29, 1.82) is 5.26 Å². The van der Waals surface area contributed by atoms with Crippen LogP contribution in [-0.2, 0) is 14.3 Å². The molecular formula is C19H17BrN2O3. The zero-order chi connectivity index (χ0) is 18.6. The summed E-state index contributed by atoms with van der Waals surface area (Å²) in [7, 11) is 0. The van der Waals surface area contributed by atoms with Crippen LogP contribution in [0, 0.1) is 25.2 Å². The van der Waals surface area contributed by atoms with Crippen molar-refractivity contribution in [2.45, 2.75) is 20.8 Å². The van der Waals surface area contributed by atoms with Gasteiger partial charge in [0.2, 0.25) is 0 Å². The van der Waals surface area contributed by atoms with E-state index in [4.69, 9.17) is 4.74 Å². The summed E-state index contributed by atoms with van der Waals surface area (Å²) in [6.07, 6.45) is 1.49. The van der Waals surface area contributed by atoms with Crippen molar-refractivity contribution in [2.75, 3.05) is 6.61 Å². The molecule has 0 saturated heterocycles. The maximum atomic E-state index is 11.9. The van der Waals surface area contributed by atoms with Crippen molar-refractivity contribution in [2.24, 2.45) is 0 Å². The topological polar surface area (TPSA) is 72.1 Å². The van der Waals surface area contributed by atoms with Crippen molar-refractivity contribution >= 4 is 33.8 Å². The number of ketones is 1. The van der Waals surface area contributed by atoms with Crippen molar-refractivity contribution in [3.63, 3.8) is 0 Å². The predicted molar refractivity (Wildman–Crippen MR) is 98.2 cm³/mol. The number of benzene rings is 1. The van der Waals surface area contributed by atoms with Gasteiger partial charge in [0.25, 0.3) is 0 Å². The highest BCUT2D eigenvalue weighted by Crippen LogP contribution is 2.24. The van der Waals surface area contributed by atoms with Crippen LogP contribution in [0.25, 0.3) is 11.8 Å². The minimum absolute atomic E-state index is 0.141. The first kappa shape index (κ1) is 18.7. The zero-order valence-electron chi connectivity index (χ0n) is 14.2. The van der Waals surface area contributed by atoms with Gasteiger partial charge in [0.05, 0.1) is 0 Å². The van der Waals surface area contributed by atoms with Gasteiger partial charge in [0, 0.05) is 21.5 Å². The second-order valence-corrected chi connectivity index (χ2v) is 6.50. The fourth-order valence-electron chi connectivity index (χ4n) is 2.46. The average Bonchev–Trinajstić information content (AvgIpc) is 2.85. The third-order valence-corrected chi connectivity index (χ3v) is 4.13. The van der Waals surface area contributed by atoms with Gasteiger partial charge < -0.3 is 9.30 Å². The number of halogens is 1. The Balaban J connectivity index is 2.38. The van der Waals surface area contributed by atoms with Gasteiger partial charge in [-0.1, -0.05) is 15.9 Å². The van der Waals surface area contributed by atoms with Crippen LogP contribution in [-0.4, -0.2) is 22.9 Å². The Morgan fingerprint density at radius 3 is 2.48 bits per heavy atom. The number of aromatic nitrogens is 1. The summed E-state index contributed by atoms with van der Waals surface area (Å²) in [5.41, 5.74) is 3.46. The van der Waals surface area contributed by atoms with Crippen LogP contribution in [0.15, 0.2) is 40.4 Å². The fraction of sp³-hybridized carbons (Fsp3) is 0.211. The van der Waals surface area contributed by atoms with Crippen molar-refractivity contribution in [3.8, 4) is 11.8 Å². The molecule has 0 bridgehead atoms. The number of nitriles is 1. The van der Waals surface area contributed by atoms with E-state index in [1.807, 2.05) is 54.8 Å². The molecule has 6 heteroatoms. The number of Topliss-reactive ketones (excluding diaryl/α,β-unsaturated/α-hetero) is 1. The third-order valence-electron chi connectivity index (χ3n) is 3.60. The van der Waals surface area contributed by atoms with E-state index in [2.05, 4.69) is 15.9 Å². The second-order valence-electron chi connectivity index (χ2n) is 5.59. The van der Waals surface area contributed by atoms with Crippen LogP contribution in [0.3, 0.4) is 0 Å². The molecule has 1 aromatic heterocycles. The molecule has 1 heterocycles. The summed E-state index contributed by atoms with van der Waals surface area (Å²) in [5.74, 6) is -1.08. The van der Waals surface area contributed by atoms with E-state index < -0.39 is 5.97 Å². The average molecular weight is 401 g/mol. The first-order valence-corrected chi connectivity index (χ1v) is 8.36. The molecular weight excluding hydrogens is 384 g/mol. The molecule has 0 amide bonds. The molecule has 1 aromatic carbocycles. The van der Waals surface area contributed by atoms with Gasteiger partial charge in [-0.2, -0.15) is 5.26 Å². The minimum atomic E-state index is -0.800. The number of aryl methyl sites for hydroxylation is 1. The van der Waals surface area contributed by atoms with Gasteiger partial charge in [-0.15, -0.1) is 0 Å². The van der Waals surface area contributed by atoms with Gasteiger partial charge in [-0.25, -0.2) is 4.79 Å². The number of hydrogen-bond donors (Lipinski definition) is 0. The van der Waals surface area contributed by atoms with E-state index in [0.29, 0.717) is 0 Å². The monoisotopic (exact) mass is 400 g/mol. The van der Waals surface area contributed by atoms with Crippen LogP contribution in [0.2, 0.25) is 0 Å². The molecule has 0 aliphatic carbocycles. The Hall–Kier alpha value is -2.65. The zero-order valence-corrected chi connectivity index (χ0v) is 15.8. The van der Waals surface area contributed by atoms with Crippen LogP contribution < -0.4 is 0 Å². The van der Waals surface area contributed by atoms with E-state index in [0.717, 1.165) is 27.1 Å². The number of hydrogen-bond acceptors (Lipinski definition) is 4. The van der Waals surface area contributed by atoms with Crippen LogP contribution in [0.5, 0.6) is 0 Å². The van der Waals surface area contributed by atoms with E-state index in [1.165, 1.54) is 13.0 Å². The van der Waals surface area contributed by atoms with E-state index in [9.17, 15) is 14.9 Å². The lowest BCUT2D eigenvalue weighted by Gasteiger charge is -2.09. The molecule has 0 atom stereocenters. The van der Waals surface area contributed by atoms with Crippen molar-refractivity contribution in [3.05, 3.63) is 57.3 Å². The van der Waals surface area contributed by atoms with Gasteiger partial charge in [-0.3, -0.25) is 4.79 Å². The Kier molecular flexibility index (Phi) is 5.94. The number of rotatable bonds is 5. The highest BCUT2D eigenvalue weighted by molar-refractivity contribution is 9.10. The van der Waals surface area contributed by atoms with Gasteiger partial charge in [-0.05, 0) is 62.7 Å². The number of esters is 1. The quantitative estimate of drug-likeness (QED) is 0.433. The number of nitrogens with zero attached hydrogens (tertiary/aromatic N) is 2. The lowest BCUT2D eigenvalue weighted by atomic mass is 10.1. The number of ether oxygens (including phenoxy) is 1. The van der Waals surface area contributed by atoms with Gasteiger partial charge in [0.1, 0.15) is 18.2 Å².